The lowest BCUT2D eigenvalue weighted by Gasteiger charge is -2.27. The van der Waals surface area contributed by atoms with Crippen LogP contribution in [0.4, 0.5) is 0 Å². The largest absolute Gasteiger partial charge is 0.374 e. The van der Waals surface area contributed by atoms with E-state index in [0.717, 1.165) is 51.9 Å². The smallest absolute Gasteiger partial charge is 0.224 e. The number of ether oxygens (including phenoxy) is 1. The van der Waals surface area contributed by atoms with Crippen LogP contribution in [0.25, 0.3) is 0 Å². The van der Waals surface area contributed by atoms with Crippen molar-refractivity contribution in [2.45, 2.75) is 50.7 Å². The Morgan fingerprint density at radius 1 is 1.42 bits per heavy atom. The van der Waals surface area contributed by atoms with Gasteiger partial charge in [-0.3, -0.25) is 4.79 Å². The Bertz CT molecular complexity index is 297. The molecule has 0 aliphatic carbocycles. The third kappa shape index (κ3) is 4.16. The van der Waals surface area contributed by atoms with E-state index in [1.807, 2.05) is 4.90 Å². The second kappa shape index (κ2) is 6.68. The van der Waals surface area contributed by atoms with Crippen molar-refractivity contribution in [3.8, 4) is 0 Å². The van der Waals surface area contributed by atoms with Crippen LogP contribution in [0.3, 0.4) is 0 Å². The number of nitrogens with two attached hydrogens (primary N) is 1. The number of carbonyl (C=O) groups excluding carboxylic acids is 1. The van der Waals surface area contributed by atoms with Crippen LogP contribution in [0, 0.1) is 0 Å². The number of amides is 1. The Morgan fingerprint density at radius 3 is 2.74 bits per heavy atom. The van der Waals surface area contributed by atoms with E-state index < -0.39 is 0 Å². The molecule has 1 amide bonds. The molecule has 0 aromatic carbocycles. The van der Waals surface area contributed by atoms with E-state index in [-0.39, 0.29) is 17.6 Å². The molecule has 19 heavy (non-hydrogen) atoms. The van der Waals surface area contributed by atoms with Gasteiger partial charge in [-0.05, 0) is 32.6 Å². The van der Waals surface area contributed by atoms with Gasteiger partial charge in [-0.25, -0.2) is 0 Å². The number of nitrogens with zero attached hydrogens (tertiary/aromatic N) is 1. The Kier molecular flexibility index (Phi) is 5.19. The molecule has 2 atom stereocenters. The average Bonchev–Trinajstić information content (AvgIpc) is 3.06. The molecule has 0 aromatic heterocycles. The molecule has 2 rings (SSSR count). The molecular weight excluding hydrogens is 242 g/mol. The van der Waals surface area contributed by atoms with Gasteiger partial charge in [0.25, 0.3) is 0 Å². The van der Waals surface area contributed by atoms with Crippen molar-refractivity contribution >= 4 is 5.91 Å². The zero-order valence-corrected chi connectivity index (χ0v) is 12.0. The molecule has 110 valence electrons. The Hall–Kier alpha value is -0.650. The van der Waals surface area contributed by atoms with Crippen molar-refractivity contribution in [2.24, 2.45) is 5.73 Å². The third-order valence-electron chi connectivity index (χ3n) is 4.23. The van der Waals surface area contributed by atoms with E-state index in [0.29, 0.717) is 13.0 Å². The highest BCUT2D eigenvalue weighted by Crippen LogP contribution is 2.24. The first-order chi connectivity index (χ1) is 9.13. The quantitative estimate of drug-likeness (QED) is 0.736. The van der Waals surface area contributed by atoms with E-state index in [2.05, 4.69) is 12.2 Å². The van der Waals surface area contributed by atoms with Gasteiger partial charge in [-0.15, -0.1) is 0 Å². The number of rotatable bonds is 6. The molecule has 0 radical (unpaired) electrons. The van der Waals surface area contributed by atoms with Crippen LogP contribution in [0.1, 0.15) is 39.0 Å². The van der Waals surface area contributed by atoms with Crippen LogP contribution in [0.15, 0.2) is 0 Å². The van der Waals surface area contributed by atoms with Crippen LogP contribution in [0.5, 0.6) is 0 Å². The zero-order valence-electron chi connectivity index (χ0n) is 12.0. The van der Waals surface area contributed by atoms with E-state index in [1.165, 1.54) is 0 Å². The van der Waals surface area contributed by atoms with Gasteiger partial charge in [-0.1, -0.05) is 0 Å². The lowest BCUT2D eigenvalue weighted by atomic mass is 10.0. The zero-order chi connectivity index (χ0) is 13.7. The minimum Gasteiger partial charge on any atom is -0.374 e. The standard InChI is InChI=1S/C14H27N3O2/c1-14(5-4-8-19-14)11-16-12(10-15)9-13(18)17-6-2-3-7-17/h12,16H,2-11,15H2,1H3. The topological polar surface area (TPSA) is 67.6 Å². The van der Waals surface area contributed by atoms with Gasteiger partial charge in [0.05, 0.1) is 5.60 Å². The Balaban J connectivity index is 1.74. The molecular formula is C14H27N3O2. The summed E-state index contributed by atoms with van der Waals surface area (Å²) in [6.45, 7) is 6.08. The molecule has 5 nitrogen and oxygen atoms in total. The van der Waals surface area contributed by atoms with E-state index in [4.69, 9.17) is 10.5 Å². The third-order valence-corrected chi connectivity index (χ3v) is 4.23. The summed E-state index contributed by atoms with van der Waals surface area (Å²) in [6.07, 6.45) is 4.98. The van der Waals surface area contributed by atoms with Crippen molar-refractivity contribution in [1.82, 2.24) is 10.2 Å². The Labute approximate surface area is 115 Å². The molecule has 2 heterocycles. The first-order valence-electron chi connectivity index (χ1n) is 7.48. The van der Waals surface area contributed by atoms with E-state index >= 15 is 0 Å². The molecule has 0 aromatic rings. The summed E-state index contributed by atoms with van der Waals surface area (Å²) in [5.41, 5.74) is 5.69. The van der Waals surface area contributed by atoms with Crippen molar-refractivity contribution < 1.29 is 9.53 Å². The molecule has 2 fully saturated rings. The minimum atomic E-state index is -0.0793. The summed E-state index contributed by atoms with van der Waals surface area (Å²) < 4.78 is 5.74. The molecule has 3 N–H and O–H groups in total. The predicted octanol–water partition coefficient (Wildman–Crippen LogP) is 0.485. The second-order valence-electron chi connectivity index (χ2n) is 6.01. The fourth-order valence-corrected chi connectivity index (χ4v) is 2.88. The molecule has 5 heteroatoms. The molecule has 0 saturated carbocycles. The van der Waals surface area contributed by atoms with Gasteiger partial charge < -0.3 is 20.7 Å². The minimum absolute atomic E-state index is 0.0640. The maximum atomic E-state index is 12.1. The predicted molar refractivity (Wildman–Crippen MR) is 74.9 cm³/mol. The first kappa shape index (κ1) is 14.8. The lowest BCUT2D eigenvalue weighted by molar-refractivity contribution is -0.130. The first-order valence-corrected chi connectivity index (χ1v) is 7.48. The summed E-state index contributed by atoms with van der Waals surface area (Å²) in [6, 6.07) is 0.0640. The summed E-state index contributed by atoms with van der Waals surface area (Å²) >= 11 is 0. The van der Waals surface area contributed by atoms with Crippen molar-refractivity contribution in [1.29, 1.82) is 0 Å². The van der Waals surface area contributed by atoms with Gasteiger partial charge >= 0.3 is 0 Å². The summed E-state index contributed by atoms with van der Waals surface area (Å²) in [5.74, 6) is 0.234. The molecule has 2 aliphatic rings. The highest BCUT2D eigenvalue weighted by molar-refractivity contribution is 5.77. The van der Waals surface area contributed by atoms with Crippen molar-refractivity contribution in [3.05, 3.63) is 0 Å². The lowest BCUT2D eigenvalue weighted by Crippen LogP contribution is -2.47. The van der Waals surface area contributed by atoms with Gasteiger partial charge in [0.2, 0.25) is 5.91 Å². The molecule has 0 spiro atoms. The average molecular weight is 269 g/mol. The number of hydrogen-bond acceptors (Lipinski definition) is 4. The molecule has 2 saturated heterocycles. The summed E-state index contributed by atoms with van der Waals surface area (Å²) in [7, 11) is 0. The number of hydrogen-bond donors (Lipinski definition) is 2. The van der Waals surface area contributed by atoms with Crippen molar-refractivity contribution in [2.75, 3.05) is 32.8 Å². The van der Waals surface area contributed by atoms with Gasteiger partial charge in [-0.2, -0.15) is 0 Å². The second-order valence-corrected chi connectivity index (χ2v) is 6.01. The van der Waals surface area contributed by atoms with Crippen molar-refractivity contribution in [3.63, 3.8) is 0 Å². The molecule has 2 aliphatic heterocycles. The van der Waals surface area contributed by atoms with Crippen LogP contribution in [-0.4, -0.2) is 55.2 Å². The number of carbonyl (C=O) groups is 1. The summed E-state index contributed by atoms with van der Waals surface area (Å²) in [4.78, 5) is 14.0. The van der Waals surface area contributed by atoms with E-state index in [1.54, 1.807) is 0 Å². The molecule has 2 unspecified atom stereocenters. The van der Waals surface area contributed by atoms with Crippen LogP contribution in [-0.2, 0) is 9.53 Å². The van der Waals surface area contributed by atoms with Gasteiger partial charge in [0, 0.05) is 45.2 Å². The fourth-order valence-electron chi connectivity index (χ4n) is 2.88. The highest BCUT2D eigenvalue weighted by atomic mass is 16.5. The number of likely N-dealkylation sites (tertiary alicyclic amines) is 1. The SMILES string of the molecule is CC1(CNC(CN)CC(=O)N2CCCC2)CCCO1. The highest BCUT2D eigenvalue weighted by Gasteiger charge is 2.30. The summed E-state index contributed by atoms with van der Waals surface area (Å²) in [5, 5.41) is 3.41. The Morgan fingerprint density at radius 2 is 2.16 bits per heavy atom. The fraction of sp³-hybridized carbons (Fsp3) is 0.929. The number of nitrogens with one attached hydrogen (secondary N) is 1. The molecule has 0 bridgehead atoms. The van der Waals surface area contributed by atoms with Crippen LogP contribution in [0.2, 0.25) is 0 Å². The van der Waals surface area contributed by atoms with Gasteiger partial charge in [0.1, 0.15) is 0 Å². The maximum Gasteiger partial charge on any atom is 0.224 e. The normalized spacial score (nSPS) is 28.8. The van der Waals surface area contributed by atoms with E-state index in [9.17, 15) is 4.79 Å². The maximum absolute atomic E-state index is 12.1. The van der Waals surface area contributed by atoms with Crippen LogP contribution < -0.4 is 11.1 Å². The van der Waals surface area contributed by atoms with Gasteiger partial charge in [0.15, 0.2) is 0 Å². The monoisotopic (exact) mass is 269 g/mol. The van der Waals surface area contributed by atoms with Crippen LogP contribution >= 0.6 is 0 Å².